The molecule has 1 unspecified atom stereocenters. The molecule has 0 spiro atoms. The van der Waals surface area contributed by atoms with Crippen LogP contribution in [0.2, 0.25) is 0 Å². The van der Waals surface area contributed by atoms with Gasteiger partial charge in [-0.05, 0) is 25.0 Å². The van der Waals surface area contributed by atoms with Gasteiger partial charge in [-0.2, -0.15) is 0 Å². The zero-order valence-corrected chi connectivity index (χ0v) is 15.6. The molecule has 1 aliphatic rings. The minimum absolute atomic E-state index is 0.00567. The summed E-state index contributed by atoms with van der Waals surface area (Å²) >= 11 is 3.47. The van der Waals surface area contributed by atoms with Crippen molar-refractivity contribution in [3.63, 3.8) is 0 Å². The summed E-state index contributed by atoms with van der Waals surface area (Å²) in [6.45, 7) is 3.44. The summed E-state index contributed by atoms with van der Waals surface area (Å²) in [5.74, 6) is -4.70. The van der Waals surface area contributed by atoms with Crippen LogP contribution in [0, 0.1) is 11.8 Å². The van der Waals surface area contributed by atoms with Crippen molar-refractivity contribution in [1.29, 1.82) is 0 Å². The highest BCUT2D eigenvalue weighted by atomic mass is 79.9. The fraction of sp³-hybridized carbons (Fsp3) is 0.389. The maximum absolute atomic E-state index is 12.3. The molecule has 1 aromatic rings. The summed E-state index contributed by atoms with van der Waals surface area (Å²) in [6, 6.07) is 9.25. The Kier molecular flexibility index (Phi) is 6.75. The highest BCUT2D eigenvalue weighted by Crippen LogP contribution is 2.38. The monoisotopic (exact) mass is 410 g/mol. The van der Waals surface area contributed by atoms with Crippen LogP contribution < -0.4 is 0 Å². The fourth-order valence-corrected chi connectivity index (χ4v) is 3.24. The molecule has 1 heterocycles. The number of carbonyl (C=O) groups excluding carboxylic acids is 3. The summed E-state index contributed by atoms with van der Waals surface area (Å²) in [6.07, 6.45) is 0. The number of cyclic esters (lactones) is 1. The Morgan fingerprint density at radius 3 is 2.24 bits per heavy atom. The van der Waals surface area contributed by atoms with E-state index in [4.69, 9.17) is 14.2 Å². The molecule has 1 saturated heterocycles. The van der Waals surface area contributed by atoms with Crippen molar-refractivity contribution >= 4 is 38.3 Å². The first-order valence-electron chi connectivity index (χ1n) is 7.95. The van der Waals surface area contributed by atoms with Gasteiger partial charge in [-0.25, -0.2) is 0 Å². The molecular weight excluding hydrogens is 392 g/mol. The molecule has 6 nitrogen and oxygen atoms in total. The molecule has 0 N–H and O–H groups in total. The second kappa shape index (κ2) is 8.80. The van der Waals surface area contributed by atoms with Crippen molar-refractivity contribution in [2.45, 2.75) is 13.8 Å². The van der Waals surface area contributed by atoms with E-state index < -0.39 is 29.7 Å². The minimum Gasteiger partial charge on any atom is -0.465 e. The first-order chi connectivity index (χ1) is 12.0. The average molecular weight is 411 g/mol. The van der Waals surface area contributed by atoms with Crippen molar-refractivity contribution in [3.05, 3.63) is 41.5 Å². The van der Waals surface area contributed by atoms with Gasteiger partial charge in [0.2, 0.25) is 0 Å². The summed E-state index contributed by atoms with van der Waals surface area (Å²) in [5.41, 5.74) is 1.33. The number of benzene rings is 1. The van der Waals surface area contributed by atoms with Gasteiger partial charge in [-0.15, -0.1) is 0 Å². The van der Waals surface area contributed by atoms with Crippen LogP contribution in [0.15, 0.2) is 35.9 Å². The predicted octanol–water partition coefficient (Wildman–Crippen LogP) is 2.71. The van der Waals surface area contributed by atoms with Crippen LogP contribution in [0.3, 0.4) is 0 Å². The van der Waals surface area contributed by atoms with Gasteiger partial charge < -0.3 is 14.2 Å². The van der Waals surface area contributed by atoms with E-state index in [0.717, 1.165) is 5.56 Å². The molecule has 1 aliphatic heterocycles. The molecule has 1 aromatic carbocycles. The third-order valence-corrected chi connectivity index (χ3v) is 4.69. The van der Waals surface area contributed by atoms with Crippen LogP contribution >= 0.6 is 15.9 Å². The number of hydrogen-bond acceptors (Lipinski definition) is 6. The summed E-state index contributed by atoms with van der Waals surface area (Å²) < 4.78 is 15.7. The average Bonchev–Trinajstić information content (AvgIpc) is 2.97. The molecule has 0 amide bonds. The van der Waals surface area contributed by atoms with Gasteiger partial charge in [0.25, 0.3) is 0 Å². The van der Waals surface area contributed by atoms with E-state index in [1.807, 2.05) is 30.3 Å². The lowest BCUT2D eigenvalue weighted by molar-refractivity contribution is -0.167. The lowest BCUT2D eigenvalue weighted by Crippen LogP contribution is -2.37. The van der Waals surface area contributed by atoms with Crippen LogP contribution in [0.4, 0.5) is 0 Å². The van der Waals surface area contributed by atoms with Crippen LogP contribution in [0.1, 0.15) is 19.4 Å². The maximum atomic E-state index is 12.3. The van der Waals surface area contributed by atoms with E-state index in [2.05, 4.69) is 15.9 Å². The molecule has 7 heteroatoms. The Morgan fingerprint density at radius 2 is 1.72 bits per heavy atom. The van der Waals surface area contributed by atoms with Crippen molar-refractivity contribution in [2.75, 3.05) is 19.8 Å². The molecule has 0 aromatic heterocycles. The standard InChI is InChI=1S/C18H19BrO6/c1-3-23-17(21)14(18(22)24-4-2)13-12(10-25-16(13)20)15(19)11-8-6-5-7-9-11/h5-9,13-14H,3-4,10H2,1-2H3/b15-12+. The van der Waals surface area contributed by atoms with E-state index in [1.54, 1.807) is 13.8 Å². The summed E-state index contributed by atoms with van der Waals surface area (Å²) in [4.78, 5) is 36.9. The van der Waals surface area contributed by atoms with Crippen molar-refractivity contribution in [3.8, 4) is 0 Å². The second-order valence-corrected chi connectivity index (χ2v) is 6.07. The van der Waals surface area contributed by atoms with Crippen molar-refractivity contribution in [2.24, 2.45) is 11.8 Å². The van der Waals surface area contributed by atoms with E-state index in [-0.39, 0.29) is 19.8 Å². The predicted molar refractivity (Wildman–Crippen MR) is 93.5 cm³/mol. The molecule has 0 radical (unpaired) electrons. The third kappa shape index (κ3) is 4.28. The highest BCUT2D eigenvalue weighted by molar-refractivity contribution is 9.15. The molecule has 0 bridgehead atoms. The van der Waals surface area contributed by atoms with E-state index >= 15 is 0 Å². The van der Waals surface area contributed by atoms with E-state index in [9.17, 15) is 14.4 Å². The number of ether oxygens (including phenoxy) is 3. The van der Waals surface area contributed by atoms with E-state index in [1.165, 1.54) is 0 Å². The largest absolute Gasteiger partial charge is 0.465 e. The first-order valence-corrected chi connectivity index (χ1v) is 8.74. The normalized spacial score (nSPS) is 18.7. The molecule has 2 rings (SSSR count). The zero-order chi connectivity index (χ0) is 18.4. The molecule has 0 saturated carbocycles. The molecular formula is C18H19BrO6. The smallest absolute Gasteiger partial charge is 0.321 e. The van der Waals surface area contributed by atoms with E-state index in [0.29, 0.717) is 10.1 Å². The quantitative estimate of drug-likeness (QED) is 0.407. The van der Waals surface area contributed by atoms with Crippen molar-refractivity contribution < 1.29 is 28.6 Å². The molecule has 0 aliphatic carbocycles. The number of carbonyl (C=O) groups is 3. The van der Waals surface area contributed by atoms with Gasteiger partial charge in [0.15, 0.2) is 5.92 Å². The summed E-state index contributed by atoms with van der Waals surface area (Å²) in [7, 11) is 0. The van der Waals surface area contributed by atoms with Gasteiger partial charge in [-0.3, -0.25) is 14.4 Å². The van der Waals surface area contributed by atoms with Crippen LogP contribution in [-0.2, 0) is 28.6 Å². The SMILES string of the molecule is CCOC(=O)C(C(=O)OCC)C1C(=O)OC/C1=C(\Br)c1ccccc1. The Hall–Kier alpha value is -2.15. The van der Waals surface area contributed by atoms with Crippen LogP contribution in [0.5, 0.6) is 0 Å². The Bertz CT molecular complexity index is 664. The number of esters is 3. The lowest BCUT2D eigenvalue weighted by Gasteiger charge is -2.19. The molecule has 1 atom stereocenters. The first kappa shape index (κ1) is 19.2. The molecule has 1 fully saturated rings. The minimum atomic E-state index is -1.39. The fourth-order valence-electron chi connectivity index (χ4n) is 2.61. The van der Waals surface area contributed by atoms with Gasteiger partial charge in [-0.1, -0.05) is 46.3 Å². The van der Waals surface area contributed by atoms with Gasteiger partial charge in [0, 0.05) is 4.48 Å². The maximum Gasteiger partial charge on any atom is 0.321 e. The number of halogens is 1. The third-order valence-electron chi connectivity index (χ3n) is 3.72. The van der Waals surface area contributed by atoms with Crippen LogP contribution in [0.25, 0.3) is 4.48 Å². The van der Waals surface area contributed by atoms with Crippen molar-refractivity contribution in [1.82, 2.24) is 0 Å². The Labute approximate surface area is 154 Å². The topological polar surface area (TPSA) is 78.9 Å². The highest BCUT2D eigenvalue weighted by Gasteiger charge is 2.48. The Morgan fingerprint density at radius 1 is 1.16 bits per heavy atom. The molecule has 134 valence electrons. The number of hydrogen-bond donors (Lipinski definition) is 0. The van der Waals surface area contributed by atoms with Gasteiger partial charge in [0.1, 0.15) is 12.5 Å². The zero-order valence-electron chi connectivity index (χ0n) is 14.0. The number of rotatable bonds is 6. The van der Waals surface area contributed by atoms with Gasteiger partial charge >= 0.3 is 17.9 Å². The van der Waals surface area contributed by atoms with Gasteiger partial charge in [0.05, 0.1) is 13.2 Å². The van der Waals surface area contributed by atoms with Crippen LogP contribution in [-0.4, -0.2) is 37.7 Å². The lowest BCUT2D eigenvalue weighted by atomic mass is 9.86. The Balaban J connectivity index is 2.47. The molecule has 25 heavy (non-hydrogen) atoms. The summed E-state index contributed by atoms with van der Waals surface area (Å²) in [5, 5.41) is 0. The second-order valence-electron chi connectivity index (χ2n) is 5.27.